The molecule has 1 amide bonds. The molecular formula is C19H15N3O6. The summed E-state index contributed by atoms with van der Waals surface area (Å²) < 4.78 is 0.979. The third-order valence-electron chi connectivity index (χ3n) is 3.86. The van der Waals surface area contributed by atoms with Crippen LogP contribution in [0.3, 0.4) is 0 Å². The third-order valence-corrected chi connectivity index (χ3v) is 3.86. The number of carbonyl (C=O) groups excluding carboxylic acids is 1. The zero-order valence-electron chi connectivity index (χ0n) is 14.6. The second-order valence-corrected chi connectivity index (χ2v) is 5.96. The van der Waals surface area contributed by atoms with Crippen LogP contribution in [0.2, 0.25) is 0 Å². The molecule has 3 rings (SSSR count). The summed E-state index contributed by atoms with van der Waals surface area (Å²) in [4.78, 5) is 35.6. The maximum absolute atomic E-state index is 12.5. The van der Waals surface area contributed by atoms with Crippen LogP contribution in [0.5, 0.6) is 11.5 Å². The van der Waals surface area contributed by atoms with E-state index in [9.17, 15) is 24.6 Å². The van der Waals surface area contributed by atoms with Gasteiger partial charge < -0.3 is 20.6 Å². The number of aryl methyl sites for hydroxylation is 1. The number of aromatic nitrogens is 2. The van der Waals surface area contributed by atoms with Crippen LogP contribution in [0.1, 0.15) is 26.4 Å². The Balaban J connectivity index is 1.96. The van der Waals surface area contributed by atoms with Crippen LogP contribution in [0, 0.1) is 6.92 Å². The Morgan fingerprint density at radius 1 is 1.04 bits per heavy atom. The summed E-state index contributed by atoms with van der Waals surface area (Å²) in [6, 6.07) is 11.2. The van der Waals surface area contributed by atoms with Gasteiger partial charge in [-0.2, -0.15) is 9.78 Å². The molecule has 0 saturated heterocycles. The molecule has 0 aliphatic rings. The van der Waals surface area contributed by atoms with Crippen LogP contribution in [0.25, 0.3) is 5.69 Å². The summed E-state index contributed by atoms with van der Waals surface area (Å²) in [5.74, 6) is -3.31. The fraction of sp³-hybridized carbons (Fsp3) is 0.0526. The SMILES string of the molecule is Cc1cccc(-n2nc(C(=O)Nc3ccc(C(=O)O)c(O)c3)c(O)cc2=O)c1. The summed E-state index contributed by atoms with van der Waals surface area (Å²) in [7, 11) is 0. The molecule has 2 aromatic carbocycles. The average Bonchev–Trinajstić information content (AvgIpc) is 2.61. The standard InChI is InChI=1S/C19H15N3O6/c1-10-3-2-4-12(7-10)22-16(25)9-15(24)17(21-22)18(26)20-11-5-6-13(19(27)28)14(23)8-11/h2-9,23-24H,1H3,(H,20,26)(H,27,28). The highest BCUT2D eigenvalue weighted by molar-refractivity contribution is 6.05. The van der Waals surface area contributed by atoms with Gasteiger partial charge in [0.2, 0.25) is 0 Å². The zero-order chi connectivity index (χ0) is 20.4. The average molecular weight is 381 g/mol. The van der Waals surface area contributed by atoms with Crippen LogP contribution in [-0.4, -0.2) is 37.0 Å². The molecule has 4 N–H and O–H groups in total. The van der Waals surface area contributed by atoms with E-state index < -0.39 is 34.6 Å². The lowest BCUT2D eigenvalue weighted by molar-refractivity contribution is 0.0693. The predicted molar refractivity (Wildman–Crippen MR) is 99.3 cm³/mol. The van der Waals surface area contributed by atoms with Gasteiger partial charge in [0.25, 0.3) is 11.5 Å². The number of amides is 1. The Bertz CT molecular complexity index is 1150. The largest absolute Gasteiger partial charge is 0.507 e. The molecule has 0 spiro atoms. The van der Waals surface area contributed by atoms with Crippen molar-refractivity contribution in [2.45, 2.75) is 6.92 Å². The van der Waals surface area contributed by atoms with Crippen molar-refractivity contribution in [2.75, 3.05) is 5.32 Å². The Morgan fingerprint density at radius 3 is 2.43 bits per heavy atom. The number of hydrogen-bond acceptors (Lipinski definition) is 6. The molecule has 0 aliphatic heterocycles. The molecule has 1 aromatic heterocycles. The number of rotatable bonds is 4. The zero-order valence-corrected chi connectivity index (χ0v) is 14.6. The van der Waals surface area contributed by atoms with E-state index in [1.807, 2.05) is 13.0 Å². The maximum atomic E-state index is 12.5. The Kier molecular flexibility index (Phi) is 4.82. The summed E-state index contributed by atoms with van der Waals surface area (Å²) in [6.07, 6.45) is 0. The number of carboxylic acids is 1. The molecule has 9 nitrogen and oxygen atoms in total. The molecule has 3 aromatic rings. The lowest BCUT2D eigenvalue weighted by atomic mass is 10.2. The van der Waals surface area contributed by atoms with Crippen molar-refractivity contribution in [1.82, 2.24) is 9.78 Å². The van der Waals surface area contributed by atoms with E-state index in [1.165, 1.54) is 6.07 Å². The minimum Gasteiger partial charge on any atom is -0.507 e. The fourth-order valence-corrected chi connectivity index (χ4v) is 2.53. The van der Waals surface area contributed by atoms with Gasteiger partial charge in [-0.1, -0.05) is 12.1 Å². The minimum absolute atomic E-state index is 0.0852. The van der Waals surface area contributed by atoms with Crippen molar-refractivity contribution in [1.29, 1.82) is 0 Å². The molecular weight excluding hydrogens is 366 g/mol. The fourth-order valence-electron chi connectivity index (χ4n) is 2.53. The number of nitrogens with one attached hydrogen (secondary N) is 1. The van der Waals surface area contributed by atoms with E-state index in [0.717, 1.165) is 28.4 Å². The van der Waals surface area contributed by atoms with Crippen LogP contribution in [0.15, 0.2) is 53.3 Å². The van der Waals surface area contributed by atoms with Gasteiger partial charge >= 0.3 is 5.97 Å². The van der Waals surface area contributed by atoms with Crippen molar-refractivity contribution in [3.05, 3.63) is 75.7 Å². The van der Waals surface area contributed by atoms with Gasteiger partial charge in [-0.3, -0.25) is 9.59 Å². The van der Waals surface area contributed by atoms with Crippen LogP contribution >= 0.6 is 0 Å². The Morgan fingerprint density at radius 2 is 1.79 bits per heavy atom. The monoisotopic (exact) mass is 381 g/mol. The number of aromatic carboxylic acids is 1. The first-order valence-electron chi connectivity index (χ1n) is 8.04. The van der Waals surface area contributed by atoms with Gasteiger partial charge in [-0.25, -0.2) is 4.79 Å². The van der Waals surface area contributed by atoms with E-state index in [0.29, 0.717) is 5.69 Å². The smallest absolute Gasteiger partial charge is 0.339 e. The van der Waals surface area contributed by atoms with Crippen molar-refractivity contribution < 1.29 is 24.9 Å². The first-order valence-corrected chi connectivity index (χ1v) is 8.04. The molecule has 0 saturated carbocycles. The highest BCUT2D eigenvalue weighted by atomic mass is 16.4. The van der Waals surface area contributed by atoms with Gasteiger partial charge in [0.05, 0.1) is 5.69 Å². The number of carboxylic acid groups (broad SMARTS) is 1. The molecule has 0 bridgehead atoms. The van der Waals surface area contributed by atoms with Gasteiger partial charge in [0.15, 0.2) is 11.4 Å². The third kappa shape index (κ3) is 3.68. The summed E-state index contributed by atoms with van der Waals surface area (Å²) in [5, 5.41) is 34.9. The molecule has 1 heterocycles. The number of phenols is 1. The molecule has 9 heteroatoms. The van der Waals surface area contributed by atoms with E-state index in [2.05, 4.69) is 10.4 Å². The molecule has 0 aliphatic carbocycles. The van der Waals surface area contributed by atoms with Crippen molar-refractivity contribution in [3.8, 4) is 17.2 Å². The van der Waals surface area contributed by atoms with Crippen molar-refractivity contribution in [3.63, 3.8) is 0 Å². The first-order chi connectivity index (χ1) is 13.3. The van der Waals surface area contributed by atoms with Gasteiger partial charge in [0, 0.05) is 17.8 Å². The van der Waals surface area contributed by atoms with Crippen LogP contribution in [-0.2, 0) is 0 Å². The van der Waals surface area contributed by atoms with Gasteiger partial charge in [-0.05, 0) is 36.8 Å². The minimum atomic E-state index is -1.32. The number of benzene rings is 2. The van der Waals surface area contributed by atoms with E-state index in [1.54, 1.807) is 18.2 Å². The molecule has 142 valence electrons. The normalized spacial score (nSPS) is 10.5. The summed E-state index contributed by atoms with van der Waals surface area (Å²) in [6.45, 7) is 1.83. The van der Waals surface area contributed by atoms with E-state index in [4.69, 9.17) is 5.11 Å². The maximum Gasteiger partial charge on any atom is 0.339 e. The number of aromatic hydroxyl groups is 2. The van der Waals surface area contributed by atoms with E-state index >= 15 is 0 Å². The molecule has 28 heavy (non-hydrogen) atoms. The second-order valence-electron chi connectivity index (χ2n) is 5.96. The predicted octanol–water partition coefficient (Wildman–Crippen LogP) is 1.90. The summed E-state index contributed by atoms with van der Waals surface area (Å²) >= 11 is 0. The Labute approximate surface area is 158 Å². The Hall–Kier alpha value is -4.14. The topological polar surface area (TPSA) is 142 Å². The molecule has 0 radical (unpaired) electrons. The lowest BCUT2D eigenvalue weighted by Gasteiger charge is -2.10. The molecule has 0 unspecified atom stereocenters. The highest BCUT2D eigenvalue weighted by Crippen LogP contribution is 2.23. The lowest BCUT2D eigenvalue weighted by Crippen LogP contribution is -2.25. The number of nitrogens with zero attached hydrogens (tertiary/aromatic N) is 2. The first kappa shape index (κ1) is 18.6. The van der Waals surface area contributed by atoms with Crippen molar-refractivity contribution in [2.24, 2.45) is 0 Å². The van der Waals surface area contributed by atoms with Crippen LogP contribution in [0.4, 0.5) is 5.69 Å². The second kappa shape index (κ2) is 7.23. The highest BCUT2D eigenvalue weighted by Gasteiger charge is 2.18. The summed E-state index contributed by atoms with van der Waals surface area (Å²) in [5.41, 5.74) is 0.0155. The number of anilines is 1. The number of hydrogen-bond donors (Lipinski definition) is 4. The quantitative estimate of drug-likeness (QED) is 0.541. The van der Waals surface area contributed by atoms with Gasteiger partial charge in [-0.15, -0.1) is 0 Å². The van der Waals surface area contributed by atoms with Crippen molar-refractivity contribution >= 4 is 17.6 Å². The van der Waals surface area contributed by atoms with E-state index in [-0.39, 0.29) is 11.3 Å². The molecule has 0 fully saturated rings. The molecule has 0 atom stereocenters. The van der Waals surface area contributed by atoms with Gasteiger partial charge in [0.1, 0.15) is 11.3 Å². The number of carbonyl (C=O) groups is 2. The van der Waals surface area contributed by atoms with Crippen LogP contribution < -0.4 is 10.9 Å².